The lowest BCUT2D eigenvalue weighted by Gasteiger charge is -2.38. The number of hydrogen-bond donors (Lipinski definition) is 1. The summed E-state index contributed by atoms with van der Waals surface area (Å²) in [7, 11) is -1.76. The molecule has 4 nitrogen and oxygen atoms in total. The maximum atomic E-state index is 6.77. The number of aromatic nitrogens is 2. The molecule has 1 aliphatic rings. The van der Waals surface area contributed by atoms with Crippen LogP contribution in [0.5, 0.6) is 0 Å². The Labute approximate surface area is 165 Å². The monoisotopic (exact) mass is 385 g/mol. The van der Waals surface area contributed by atoms with Gasteiger partial charge < -0.3 is 9.41 Å². The van der Waals surface area contributed by atoms with Gasteiger partial charge in [-0.05, 0) is 37.0 Å². The van der Waals surface area contributed by atoms with E-state index in [4.69, 9.17) is 4.43 Å². The molecule has 5 heteroatoms. The first-order valence-electron chi connectivity index (χ1n) is 10.1. The summed E-state index contributed by atoms with van der Waals surface area (Å²) in [5, 5.41) is 0.244. The molecule has 1 fully saturated rings. The second kappa shape index (κ2) is 7.90. The Morgan fingerprint density at radius 2 is 1.93 bits per heavy atom. The number of rotatable bonds is 6. The van der Waals surface area contributed by atoms with Crippen molar-refractivity contribution in [1.29, 1.82) is 0 Å². The summed E-state index contributed by atoms with van der Waals surface area (Å²) >= 11 is 0. The summed E-state index contributed by atoms with van der Waals surface area (Å²) in [6.45, 7) is 15.7. The van der Waals surface area contributed by atoms with Gasteiger partial charge in [0.2, 0.25) is 0 Å². The minimum Gasteiger partial charge on any atom is -0.413 e. The molecular formula is C22H35N3OSi. The molecule has 0 bridgehead atoms. The van der Waals surface area contributed by atoms with Gasteiger partial charge in [0.05, 0.1) is 11.8 Å². The Hall–Kier alpha value is -1.43. The predicted octanol–water partition coefficient (Wildman–Crippen LogP) is 4.93. The first-order valence-corrected chi connectivity index (χ1v) is 13.0. The van der Waals surface area contributed by atoms with Crippen LogP contribution in [0.25, 0.3) is 0 Å². The van der Waals surface area contributed by atoms with Crippen LogP contribution in [0.3, 0.4) is 0 Å². The first kappa shape index (κ1) is 20.3. The highest BCUT2D eigenvalue weighted by Gasteiger charge is 2.42. The van der Waals surface area contributed by atoms with Gasteiger partial charge in [0.25, 0.3) is 0 Å². The van der Waals surface area contributed by atoms with E-state index in [2.05, 4.69) is 79.1 Å². The minimum atomic E-state index is -1.76. The largest absolute Gasteiger partial charge is 0.413 e. The van der Waals surface area contributed by atoms with Crippen molar-refractivity contribution in [2.24, 2.45) is 0 Å². The van der Waals surface area contributed by atoms with Crippen molar-refractivity contribution < 1.29 is 4.43 Å². The fraction of sp³-hybridized carbons (Fsp3) is 0.591. The molecule has 1 aliphatic heterocycles. The molecule has 3 rings (SSSR count). The molecule has 1 N–H and O–H groups in total. The fourth-order valence-electron chi connectivity index (χ4n) is 3.63. The molecule has 2 atom stereocenters. The molecule has 0 saturated carbocycles. The van der Waals surface area contributed by atoms with E-state index in [-0.39, 0.29) is 5.04 Å². The Morgan fingerprint density at radius 3 is 2.52 bits per heavy atom. The van der Waals surface area contributed by atoms with E-state index in [9.17, 15) is 0 Å². The summed E-state index contributed by atoms with van der Waals surface area (Å²) in [4.78, 5) is 10.6. The van der Waals surface area contributed by atoms with Gasteiger partial charge in [-0.25, -0.2) is 4.98 Å². The number of hydrogen-bond acceptors (Lipinski definition) is 3. The molecule has 2 heterocycles. The quantitative estimate of drug-likeness (QED) is 0.717. The highest BCUT2D eigenvalue weighted by Crippen LogP contribution is 2.39. The van der Waals surface area contributed by atoms with E-state index < -0.39 is 8.32 Å². The van der Waals surface area contributed by atoms with Gasteiger partial charge in [-0.15, -0.1) is 0 Å². The molecule has 0 unspecified atom stereocenters. The van der Waals surface area contributed by atoms with Crippen LogP contribution < -0.4 is 0 Å². The molecule has 0 amide bonds. The van der Waals surface area contributed by atoms with Gasteiger partial charge in [0, 0.05) is 31.7 Å². The number of benzene rings is 1. The van der Waals surface area contributed by atoms with Crippen molar-refractivity contribution in [1.82, 2.24) is 14.9 Å². The van der Waals surface area contributed by atoms with Gasteiger partial charge in [-0.1, -0.05) is 51.1 Å². The Kier molecular flexibility index (Phi) is 5.94. The molecule has 0 radical (unpaired) electrons. The topological polar surface area (TPSA) is 41.1 Å². The third-order valence-electron chi connectivity index (χ3n) is 6.17. The first-order chi connectivity index (χ1) is 12.6. The van der Waals surface area contributed by atoms with Crippen molar-refractivity contribution in [3.05, 3.63) is 53.6 Å². The van der Waals surface area contributed by atoms with Crippen LogP contribution in [0.1, 0.15) is 44.3 Å². The van der Waals surface area contributed by atoms with E-state index in [1.165, 1.54) is 5.56 Å². The van der Waals surface area contributed by atoms with Gasteiger partial charge in [0.1, 0.15) is 5.82 Å². The lowest BCUT2D eigenvalue weighted by molar-refractivity contribution is 0.177. The molecule has 148 valence electrons. The molecule has 27 heavy (non-hydrogen) atoms. The normalized spacial score (nSPS) is 21.7. The van der Waals surface area contributed by atoms with Crippen molar-refractivity contribution in [3.8, 4) is 0 Å². The van der Waals surface area contributed by atoms with E-state index in [0.717, 1.165) is 37.4 Å². The zero-order valence-electron chi connectivity index (χ0n) is 17.7. The standard InChI is InChI=1S/C22H35N3OSi/c1-17-14-23-21(24-17)13-19-12-20(26-27(5,6)22(2,3)4)16-25(19)15-18-10-8-7-9-11-18/h7-11,14,19-20H,12-13,15-16H2,1-6H3,(H,23,24)/t19-,20+/m0/s1. The zero-order chi connectivity index (χ0) is 19.7. The van der Waals surface area contributed by atoms with Crippen molar-refractivity contribution in [2.45, 2.75) is 77.4 Å². The maximum absolute atomic E-state index is 6.77. The van der Waals surface area contributed by atoms with Crippen molar-refractivity contribution in [3.63, 3.8) is 0 Å². The summed E-state index contributed by atoms with van der Waals surface area (Å²) in [5.74, 6) is 1.09. The molecule has 1 saturated heterocycles. The number of likely N-dealkylation sites (tertiary alicyclic amines) is 1. The number of nitrogens with one attached hydrogen (secondary N) is 1. The molecule has 1 aromatic heterocycles. The second-order valence-corrected chi connectivity index (χ2v) is 14.3. The third-order valence-corrected chi connectivity index (χ3v) is 10.7. The Bertz CT molecular complexity index is 736. The van der Waals surface area contributed by atoms with Crippen LogP contribution in [0, 0.1) is 6.92 Å². The van der Waals surface area contributed by atoms with Gasteiger partial charge >= 0.3 is 0 Å². The van der Waals surface area contributed by atoms with Crippen LogP contribution >= 0.6 is 0 Å². The van der Waals surface area contributed by atoms with Crippen molar-refractivity contribution >= 4 is 8.32 Å². The summed E-state index contributed by atoms with van der Waals surface area (Å²) < 4.78 is 6.77. The number of H-pyrrole nitrogens is 1. The smallest absolute Gasteiger partial charge is 0.192 e. The van der Waals surface area contributed by atoms with Crippen LogP contribution in [0.15, 0.2) is 36.5 Å². The maximum Gasteiger partial charge on any atom is 0.192 e. The van der Waals surface area contributed by atoms with Gasteiger partial charge in [-0.2, -0.15) is 0 Å². The predicted molar refractivity (Wildman–Crippen MR) is 114 cm³/mol. The van der Waals surface area contributed by atoms with E-state index >= 15 is 0 Å². The average Bonchev–Trinajstić information content (AvgIpc) is 3.13. The Morgan fingerprint density at radius 1 is 1.22 bits per heavy atom. The molecular weight excluding hydrogens is 350 g/mol. The number of aryl methyl sites for hydroxylation is 1. The summed E-state index contributed by atoms with van der Waals surface area (Å²) in [6.07, 6.45) is 4.35. The average molecular weight is 386 g/mol. The number of aromatic amines is 1. The zero-order valence-corrected chi connectivity index (χ0v) is 18.7. The van der Waals surface area contributed by atoms with Crippen LogP contribution in [0.2, 0.25) is 18.1 Å². The number of imidazole rings is 1. The lowest BCUT2D eigenvalue weighted by atomic mass is 10.1. The van der Waals surface area contributed by atoms with Crippen LogP contribution in [0.4, 0.5) is 0 Å². The minimum absolute atomic E-state index is 0.244. The van der Waals surface area contributed by atoms with Crippen molar-refractivity contribution in [2.75, 3.05) is 6.54 Å². The Balaban J connectivity index is 1.73. The van der Waals surface area contributed by atoms with Gasteiger partial charge in [-0.3, -0.25) is 4.90 Å². The van der Waals surface area contributed by atoms with E-state index in [1.54, 1.807) is 0 Å². The second-order valence-electron chi connectivity index (χ2n) is 9.50. The van der Waals surface area contributed by atoms with E-state index in [1.807, 2.05) is 13.1 Å². The fourth-order valence-corrected chi connectivity index (χ4v) is 4.99. The summed E-state index contributed by atoms with van der Waals surface area (Å²) in [6, 6.07) is 11.2. The molecule has 1 aromatic carbocycles. The summed E-state index contributed by atoms with van der Waals surface area (Å²) in [5.41, 5.74) is 2.43. The highest BCUT2D eigenvalue weighted by atomic mass is 28.4. The van der Waals surface area contributed by atoms with Crippen LogP contribution in [-0.4, -0.2) is 41.9 Å². The highest BCUT2D eigenvalue weighted by molar-refractivity contribution is 6.74. The van der Waals surface area contributed by atoms with E-state index in [0.29, 0.717) is 12.1 Å². The van der Waals surface area contributed by atoms with Crippen LogP contribution in [-0.2, 0) is 17.4 Å². The molecule has 0 spiro atoms. The molecule has 2 aromatic rings. The lowest BCUT2D eigenvalue weighted by Crippen LogP contribution is -2.44. The number of nitrogens with zero attached hydrogens (tertiary/aromatic N) is 2. The van der Waals surface area contributed by atoms with Gasteiger partial charge in [0.15, 0.2) is 8.32 Å². The third kappa shape index (κ3) is 5.09. The molecule has 0 aliphatic carbocycles. The SMILES string of the molecule is Cc1c[nH]c(C[C@@H]2C[C@@H](O[Si](C)(C)C(C)(C)C)CN2Cc2ccccc2)n1.